The van der Waals surface area contributed by atoms with Gasteiger partial charge in [0.2, 0.25) is 0 Å². The van der Waals surface area contributed by atoms with Gasteiger partial charge in [-0.15, -0.1) is 0 Å². The molecule has 0 heterocycles. The van der Waals surface area contributed by atoms with Gasteiger partial charge in [-0.2, -0.15) is 0 Å². The van der Waals surface area contributed by atoms with Gasteiger partial charge in [-0.05, 0) is 42.4 Å². The van der Waals surface area contributed by atoms with E-state index in [9.17, 15) is 0 Å². The molecule has 0 saturated heterocycles. The Hall–Kier alpha value is 0. The molecule has 0 heteroatoms. The normalized spacial score (nSPS) is 43.4. The third-order valence-corrected chi connectivity index (χ3v) is 3.85. The molecule has 3 atom stereocenters. The topological polar surface area (TPSA) is 0 Å². The number of fused-ring (bicyclic) bond motifs is 2. The van der Waals surface area contributed by atoms with Gasteiger partial charge in [0, 0.05) is 0 Å². The van der Waals surface area contributed by atoms with Gasteiger partial charge in [-0.25, -0.2) is 0 Å². The van der Waals surface area contributed by atoms with Crippen LogP contribution in [-0.4, -0.2) is 0 Å². The maximum absolute atomic E-state index is 2.42. The SMILES string of the molecule is CC(C)(C)[C@@H]1C[C@H]2CC[C@@H]1C2. The van der Waals surface area contributed by atoms with E-state index in [0.717, 1.165) is 17.8 Å². The fraction of sp³-hybridized carbons (Fsp3) is 1.00. The lowest BCUT2D eigenvalue weighted by molar-refractivity contribution is 0.161. The standard InChI is InChI=1S/C11H20/c1-11(2,3)10-7-8-4-5-9(10)6-8/h8-10H,4-7H2,1-3H3/t8-,9+,10+/m0/s1. The van der Waals surface area contributed by atoms with E-state index in [0.29, 0.717) is 5.41 Å². The maximum Gasteiger partial charge on any atom is -0.0334 e. The molecule has 2 rings (SSSR count). The highest BCUT2D eigenvalue weighted by Gasteiger charge is 2.44. The molecule has 0 aliphatic heterocycles. The molecule has 2 aliphatic carbocycles. The van der Waals surface area contributed by atoms with Crippen molar-refractivity contribution in [1.82, 2.24) is 0 Å². The average molecular weight is 152 g/mol. The Bertz CT molecular complexity index is 152. The van der Waals surface area contributed by atoms with Gasteiger partial charge in [0.15, 0.2) is 0 Å². The minimum absolute atomic E-state index is 0.583. The number of hydrogen-bond acceptors (Lipinski definition) is 0. The van der Waals surface area contributed by atoms with Crippen molar-refractivity contribution in [2.45, 2.75) is 46.5 Å². The molecular weight excluding hydrogens is 132 g/mol. The summed E-state index contributed by atoms with van der Waals surface area (Å²) in [7, 11) is 0. The van der Waals surface area contributed by atoms with Crippen molar-refractivity contribution in [2.75, 3.05) is 0 Å². The molecule has 0 aromatic heterocycles. The van der Waals surface area contributed by atoms with E-state index in [-0.39, 0.29) is 0 Å². The first-order chi connectivity index (χ1) is 5.07. The van der Waals surface area contributed by atoms with E-state index in [1.165, 1.54) is 19.3 Å². The lowest BCUT2D eigenvalue weighted by atomic mass is 9.72. The van der Waals surface area contributed by atoms with Gasteiger partial charge >= 0.3 is 0 Å². The molecule has 64 valence electrons. The molecule has 0 amide bonds. The molecule has 2 fully saturated rings. The summed E-state index contributed by atoms with van der Waals surface area (Å²) in [5.74, 6) is 3.26. The van der Waals surface area contributed by atoms with Crippen LogP contribution in [0.25, 0.3) is 0 Å². The molecule has 0 unspecified atom stereocenters. The van der Waals surface area contributed by atoms with Crippen LogP contribution in [0.15, 0.2) is 0 Å². The van der Waals surface area contributed by atoms with Crippen LogP contribution in [0.5, 0.6) is 0 Å². The van der Waals surface area contributed by atoms with Crippen molar-refractivity contribution in [1.29, 1.82) is 0 Å². The summed E-state index contributed by atoms with van der Waals surface area (Å²) in [4.78, 5) is 0. The van der Waals surface area contributed by atoms with Gasteiger partial charge in [-0.1, -0.05) is 27.2 Å². The van der Waals surface area contributed by atoms with Crippen LogP contribution < -0.4 is 0 Å². The van der Waals surface area contributed by atoms with E-state index in [2.05, 4.69) is 20.8 Å². The summed E-state index contributed by atoms with van der Waals surface area (Å²) in [6.45, 7) is 7.25. The van der Waals surface area contributed by atoms with E-state index in [1.807, 2.05) is 0 Å². The Morgan fingerprint density at radius 1 is 1.00 bits per heavy atom. The minimum Gasteiger partial charge on any atom is -0.0599 e. The molecule has 0 radical (unpaired) electrons. The van der Waals surface area contributed by atoms with Crippen LogP contribution in [0.3, 0.4) is 0 Å². The van der Waals surface area contributed by atoms with Crippen LogP contribution in [0, 0.1) is 23.2 Å². The smallest absolute Gasteiger partial charge is 0.0334 e. The predicted molar refractivity (Wildman–Crippen MR) is 48.4 cm³/mol. The summed E-state index contributed by atoms with van der Waals surface area (Å²) >= 11 is 0. The summed E-state index contributed by atoms with van der Waals surface area (Å²) < 4.78 is 0. The lowest BCUT2D eigenvalue weighted by Crippen LogP contribution is -2.25. The van der Waals surface area contributed by atoms with Crippen molar-refractivity contribution in [2.24, 2.45) is 23.2 Å². The van der Waals surface area contributed by atoms with E-state index >= 15 is 0 Å². The zero-order chi connectivity index (χ0) is 8.06. The molecule has 0 N–H and O–H groups in total. The van der Waals surface area contributed by atoms with Crippen LogP contribution in [0.2, 0.25) is 0 Å². The highest BCUT2D eigenvalue weighted by molar-refractivity contribution is 4.94. The fourth-order valence-electron chi connectivity index (χ4n) is 3.31. The first-order valence-electron chi connectivity index (χ1n) is 5.07. The van der Waals surface area contributed by atoms with E-state index < -0.39 is 0 Å². The molecule has 0 aromatic rings. The maximum atomic E-state index is 2.42. The highest BCUT2D eigenvalue weighted by Crippen LogP contribution is 2.54. The molecular formula is C11H20. The van der Waals surface area contributed by atoms with Crippen molar-refractivity contribution in [3.8, 4) is 0 Å². The van der Waals surface area contributed by atoms with Crippen LogP contribution in [0.1, 0.15) is 46.5 Å². The fourth-order valence-corrected chi connectivity index (χ4v) is 3.31. The Morgan fingerprint density at radius 3 is 2.00 bits per heavy atom. The van der Waals surface area contributed by atoms with Crippen molar-refractivity contribution >= 4 is 0 Å². The summed E-state index contributed by atoms with van der Waals surface area (Å²) in [6, 6.07) is 0. The second-order valence-electron chi connectivity index (χ2n) is 5.65. The lowest BCUT2D eigenvalue weighted by Gasteiger charge is -2.34. The highest BCUT2D eigenvalue weighted by atomic mass is 14.5. The van der Waals surface area contributed by atoms with Crippen molar-refractivity contribution in [3.63, 3.8) is 0 Å². The van der Waals surface area contributed by atoms with E-state index in [1.54, 1.807) is 6.42 Å². The third-order valence-electron chi connectivity index (χ3n) is 3.85. The van der Waals surface area contributed by atoms with E-state index in [4.69, 9.17) is 0 Å². The van der Waals surface area contributed by atoms with Crippen molar-refractivity contribution in [3.05, 3.63) is 0 Å². The molecule has 2 aliphatic rings. The molecule has 0 nitrogen and oxygen atoms in total. The van der Waals surface area contributed by atoms with Crippen LogP contribution >= 0.6 is 0 Å². The monoisotopic (exact) mass is 152 g/mol. The molecule has 11 heavy (non-hydrogen) atoms. The quantitative estimate of drug-likeness (QED) is 0.498. The zero-order valence-electron chi connectivity index (χ0n) is 8.06. The third kappa shape index (κ3) is 1.21. The molecule has 0 spiro atoms. The van der Waals surface area contributed by atoms with Gasteiger partial charge in [0.25, 0.3) is 0 Å². The predicted octanol–water partition coefficient (Wildman–Crippen LogP) is 3.47. The number of rotatable bonds is 0. The van der Waals surface area contributed by atoms with Gasteiger partial charge in [0.05, 0.1) is 0 Å². The minimum atomic E-state index is 0.583. The van der Waals surface area contributed by atoms with Crippen molar-refractivity contribution < 1.29 is 0 Å². The second kappa shape index (κ2) is 2.24. The first-order valence-corrected chi connectivity index (χ1v) is 5.07. The summed E-state index contributed by atoms with van der Waals surface area (Å²) in [5, 5.41) is 0. The molecule has 2 saturated carbocycles. The average Bonchev–Trinajstić information content (AvgIpc) is 2.42. The van der Waals surface area contributed by atoms with Gasteiger partial charge in [-0.3, -0.25) is 0 Å². The largest absolute Gasteiger partial charge is 0.0599 e. The van der Waals surface area contributed by atoms with Gasteiger partial charge in [0.1, 0.15) is 0 Å². The van der Waals surface area contributed by atoms with Crippen LogP contribution in [0.4, 0.5) is 0 Å². The Morgan fingerprint density at radius 2 is 1.73 bits per heavy atom. The Balaban J connectivity index is 2.08. The Kier molecular flexibility index (Phi) is 1.56. The number of hydrogen-bond donors (Lipinski definition) is 0. The Labute approximate surface area is 70.4 Å². The second-order valence-corrected chi connectivity index (χ2v) is 5.65. The summed E-state index contributed by atoms with van der Waals surface area (Å²) in [5.41, 5.74) is 0.583. The van der Waals surface area contributed by atoms with Crippen LogP contribution in [-0.2, 0) is 0 Å². The first kappa shape index (κ1) is 7.64. The molecule has 0 aromatic carbocycles. The summed E-state index contributed by atoms with van der Waals surface area (Å²) in [6.07, 6.45) is 6.17. The zero-order valence-corrected chi connectivity index (χ0v) is 8.06. The van der Waals surface area contributed by atoms with Gasteiger partial charge < -0.3 is 0 Å². The molecule has 2 bridgehead atoms.